The highest BCUT2D eigenvalue weighted by Crippen LogP contribution is 2.37. The maximum Gasteiger partial charge on any atom is 0.330 e. The Morgan fingerprint density at radius 3 is 2.23 bits per heavy atom. The monoisotopic (exact) mass is 556 g/mol. The van der Waals surface area contributed by atoms with Crippen LogP contribution in [0.4, 0.5) is 0 Å². The van der Waals surface area contributed by atoms with E-state index in [0.29, 0.717) is 5.56 Å². The molecule has 9 heteroatoms. The standard InChI is InChI=1S/C26H29BrN2O5Si/c1-26(2,3)35(20-10-6-4-7-11-20,21-12-8-5-9-13-21)33-18-23-32-17-22(34-23)29-16-19(14-15-27)24(30)28-25(29)31/h4-16,22-23H,17-18H2,1-3H3,(H,28,30,31)/b15-14+. The summed E-state index contributed by atoms with van der Waals surface area (Å²) in [6.45, 7) is 6.99. The highest BCUT2D eigenvalue weighted by molar-refractivity contribution is 9.11. The second kappa shape index (κ2) is 10.6. The van der Waals surface area contributed by atoms with E-state index in [2.05, 4.69) is 66.0 Å². The van der Waals surface area contributed by atoms with Crippen LogP contribution in [0.1, 0.15) is 32.6 Å². The van der Waals surface area contributed by atoms with Crippen LogP contribution in [0.25, 0.3) is 6.08 Å². The van der Waals surface area contributed by atoms with E-state index >= 15 is 0 Å². The van der Waals surface area contributed by atoms with Gasteiger partial charge in [-0.2, -0.15) is 0 Å². The molecule has 0 aliphatic carbocycles. The van der Waals surface area contributed by atoms with E-state index < -0.39 is 32.1 Å². The van der Waals surface area contributed by atoms with Crippen LogP contribution in [0, 0.1) is 0 Å². The van der Waals surface area contributed by atoms with E-state index in [-0.39, 0.29) is 18.3 Å². The molecule has 2 aromatic carbocycles. The maximum absolute atomic E-state index is 12.4. The molecule has 0 saturated carbocycles. The fourth-order valence-electron chi connectivity index (χ4n) is 4.53. The summed E-state index contributed by atoms with van der Waals surface area (Å²) in [7, 11) is -2.75. The van der Waals surface area contributed by atoms with Crippen molar-refractivity contribution < 1.29 is 13.9 Å². The van der Waals surface area contributed by atoms with Crippen molar-refractivity contribution in [3.05, 3.63) is 98.2 Å². The smallest absolute Gasteiger partial charge is 0.330 e. The largest absolute Gasteiger partial charge is 0.402 e. The molecule has 35 heavy (non-hydrogen) atoms. The highest BCUT2D eigenvalue weighted by Gasteiger charge is 2.50. The van der Waals surface area contributed by atoms with Crippen molar-refractivity contribution in [1.82, 2.24) is 9.55 Å². The van der Waals surface area contributed by atoms with Crippen LogP contribution in [-0.4, -0.2) is 37.4 Å². The molecular formula is C26H29BrN2O5Si. The summed E-state index contributed by atoms with van der Waals surface area (Å²) >= 11 is 3.16. The average molecular weight is 558 g/mol. The zero-order valence-electron chi connectivity index (χ0n) is 19.9. The molecule has 1 N–H and O–H groups in total. The van der Waals surface area contributed by atoms with Crippen LogP contribution in [0.2, 0.25) is 5.04 Å². The fraction of sp³-hybridized carbons (Fsp3) is 0.308. The Morgan fingerprint density at radius 2 is 1.69 bits per heavy atom. The van der Waals surface area contributed by atoms with E-state index in [0.717, 1.165) is 10.4 Å². The molecule has 184 valence electrons. The van der Waals surface area contributed by atoms with Gasteiger partial charge in [0.05, 0.1) is 18.8 Å². The summed E-state index contributed by atoms with van der Waals surface area (Å²) in [5.74, 6) is 0. The summed E-state index contributed by atoms with van der Waals surface area (Å²) in [4.78, 5) is 28.3. The molecule has 3 aromatic rings. The molecule has 1 saturated heterocycles. The lowest BCUT2D eigenvalue weighted by molar-refractivity contribution is -0.0956. The Labute approximate surface area is 213 Å². The van der Waals surface area contributed by atoms with Crippen LogP contribution >= 0.6 is 15.9 Å². The van der Waals surface area contributed by atoms with Crippen molar-refractivity contribution in [2.24, 2.45) is 0 Å². The van der Waals surface area contributed by atoms with Gasteiger partial charge in [-0.3, -0.25) is 14.3 Å². The first-order valence-corrected chi connectivity index (χ1v) is 14.2. The number of benzene rings is 2. The third-order valence-corrected chi connectivity index (χ3v) is 11.4. The van der Waals surface area contributed by atoms with Gasteiger partial charge in [0.2, 0.25) is 0 Å². The Kier molecular flexibility index (Phi) is 7.73. The lowest BCUT2D eigenvalue weighted by atomic mass is 10.2. The summed E-state index contributed by atoms with van der Waals surface area (Å²) < 4.78 is 20.2. The highest BCUT2D eigenvalue weighted by atomic mass is 79.9. The van der Waals surface area contributed by atoms with E-state index in [1.807, 2.05) is 36.4 Å². The van der Waals surface area contributed by atoms with Crippen LogP contribution < -0.4 is 21.6 Å². The van der Waals surface area contributed by atoms with Crippen molar-refractivity contribution in [3.63, 3.8) is 0 Å². The Morgan fingerprint density at radius 1 is 1.09 bits per heavy atom. The van der Waals surface area contributed by atoms with Crippen LogP contribution in [0.5, 0.6) is 0 Å². The summed E-state index contributed by atoms with van der Waals surface area (Å²) in [5, 5.41) is 2.15. The number of aromatic amines is 1. The predicted octanol–water partition coefficient (Wildman–Crippen LogP) is 3.35. The van der Waals surface area contributed by atoms with Crippen LogP contribution in [0.3, 0.4) is 0 Å². The van der Waals surface area contributed by atoms with Gasteiger partial charge in [-0.1, -0.05) is 97.4 Å². The minimum absolute atomic E-state index is 0.165. The molecule has 0 amide bonds. The summed E-state index contributed by atoms with van der Waals surface area (Å²) in [5.41, 5.74) is -0.687. The number of hydrogen-bond acceptors (Lipinski definition) is 5. The number of H-pyrrole nitrogens is 1. The van der Waals surface area contributed by atoms with Crippen molar-refractivity contribution in [2.75, 3.05) is 13.2 Å². The lowest BCUT2D eigenvalue weighted by Crippen LogP contribution is -2.67. The van der Waals surface area contributed by atoms with Gasteiger partial charge < -0.3 is 13.9 Å². The van der Waals surface area contributed by atoms with Crippen molar-refractivity contribution in [2.45, 2.75) is 38.3 Å². The lowest BCUT2D eigenvalue weighted by Gasteiger charge is -2.43. The summed E-state index contributed by atoms with van der Waals surface area (Å²) in [6, 6.07) is 20.7. The number of aromatic nitrogens is 2. The van der Waals surface area contributed by atoms with Crippen molar-refractivity contribution in [3.8, 4) is 0 Å². The second-order valence-corrected chi connectivity index (χ2v) is 14.2. The normalized spacial score (nSPS) is 18.9. The van der Waals surface area contributed by atoms with Gasteiger partial charge in [-0.05, 0) is 26.5 Å². The second-order valence-electron chi connectivity index (χ2n) is 9.37. The molecule has 7 nitrogen and oxygen atoms in total. The Bertz CT molecular complexity index is 1250. The first kappa shape index (κ1) is 25.5. The fourth-order valence-corrected chi connectivity index (χ4v) is 9.36. The first-order valence-electron chi connectivity index (χ1n) is 11.4. The topological polar surface area (TPSA) is 82.5 Å². The number of halogens is 1. The number of hydrogen-bond donors (Lipinski definition) is 1. The van der Waals surface area contributed by atoms with Crippen molar-refractivity contribution >= 4 is 40.7 Å². The Balaban J connectivity index is 1.61. The van der Waals surface area contributed by atoms with E-state index in [1.54, 1.807) is 11.1 Å². The molecule has 1 aliphatic rings. The van der Waals surface area contributed by atoms with Gasteiger partial charge in [0.15, 0.2) is 12.5 Å². The molecule has 2 heterocycles. The van der Waals surface area contributed by atoms with Gasteiger partial charge in [0.25, 0.3) is 13.9 Å². The average Bonchev–Trinajstić information content (AvgIpc) is 3.30. The number of rotatable bonds is 7. The minimum atomic E-state index is -2.75. The third kappa shape index (κ3) is 5.19. The van der Waals surface area contributed by atoms with Gasteiger partial charge in [0.1, 0.15) is 0 Å². The van der Waals surface area contributed by atoms with E-state index in [9.17, 15) is 9.59 Å². The Hall–Kier alpha value is -2.56. The number of ether oxygens (including phenoxy) is 2. The molecule has 0 bridgehead atoms. The zero-order valence-corrected chi connectivity index (χ0v) is 22.5. The molecule has 0 radical (unpaired) electrons. The molecule has 4 rings (SSSR count). The maximum atomic E-state index is 12.4. The minimum Gasteiger partial charge on any atom is -0.402 e. The SMILES string of the molecule is CC(C)(C)[Si](OCC1OCC(n2cc(/C=C/Br)c(=O)[nH]c2=O)O1)(c1ccccc1)c1ccccc1. The molecular weight excluding hydrogens is 528 g/mol. The molecule has 2 atom stereocenters. The molecule has 1 fully saturated rings. The van der Waals surface area contributed by atoms with E-state index in [1.165, 1.54) is 10.8 Å². The van der Waals surface area contributed by atoms with Gasteiger partial charge in [-0.15, -0.1) is 0 Å². The number of nitrogens with one attached hydrogen (secondary N) is 1. The van der Waals surface area contributed by atoms with Crippen molar-refractivity contribution in [1.29, 1.82) is 0 Å². The zero-order chi connectivity index (χ0) is 25.1. The van der Waals surface area contributed by atoms with Gasteiger partial charge in [-0.25, -0.2) is 4.79 Å². The van der Waals surface area contributed by atoms with Crippen LogP contribution in [-0.2, 0) is 13.9 Å². The van der Waals surface area contributed by atoms with Gasteiger partial charge in [0, 0.05) is 6.20 Å². The molecule has 2 unspecified atom stereocenters. The molecule has 1 aromatic heterocycles. The molecule has 0 spiro atoms. The molecule has 1 aliphatic heterocycles. The predicted molar refractivity (Wildman–Crippen MR) is 143 cm³/mol. The van der Waals surface area contributed by atoms with Gasteiger partial charge >= 0.3 is 5.69 Å². The third-order valence-electron chi connectivity index (χ3n) is 6.13. The summed E-state index contributed by atoms with van der Waals surface area (Å²) in [6.07, 6.45) is 1.71. The quantitative estimate of drug-likeness (QED) is 0.451. The first-order chi connectivity index (χ1) is 16.8. The van der Waals surface area contributed by atoms with E-state index in [4.69, 9.17) is 13.9 Å². The van der Waals surface area contributed by atoms with Crippen LogP contribution in [0.15, 0.2) is 81.4 Å². The number of nitrogens with zero attached hydrogens (tertiary/aromatic N) is 1.